The molecule has 0 aliphatic carbocycles. The van der Waals surface area contributed by atoms with Gasteiger partial charge in [0, 0.05) is 0 Å². The minimum Gasteiger partial charge on any atom is -0.393 e. The number of hydrogen-bond donors (Lipinski definition) is 2. The summed E-state index contributed by atoms with van der Waals surface area (Å²) < 4.78 is 0. The standard InChI is InChI=1S/C17H36O2/c1-3-5-6-7-8-9-13-17(19)15-11-10-14-16(18)12-4-2/h16-19H,3-15H2,1-2H3. The molecule has 0 bridgehead atoms. The second-order valence-electron chi connectivity index (χ2n) is 5.94. The van der Waals surface area contributed by atoms with Crippen LogP contribution in [0.3, 0.4) is 0 Å². The first-order valence-corrected chi connectivity index (χ1v) is 8.56. The molecule has 19 heavy (non-hydrogen) atoms. The van der Waals surface area contributed by atoms with E-state index in [0.29, 0.717) is 0 Å². The molecule has 2 heteroatoms. The summed E-state index contributed by atoms with van der Waals surface area (Å²) in [5.74, 6) is 0. The van der Waals surface area contributed by atoms with Gasteiger partial charge in [-0.2, -0.15) is 0 Å². The zero-order chi connectivity index (χ0) is 14.3. The maximum atomic E-state index is 9.86. The van der Waals surface area contributed by atoms with Crippen LogP contribution in [0.4, 0.5) is 0 Å². The van der Waals surface area contributed by atoms with Crippen LogP contribution in [-0.2, 0) is 0 Å². The summed E-state index contributed by atoms with van der Waals surface area (Å²) in [7, 11) is 0. The van der Waals surface area contributed by atoms with Gasteiger partial charge < -0.3 is 10.2 Å². The molecule has 0 saturated heterocycles. The number of rotatable bonds is 14. The van der Waals surface area contributed by atoms with Gasteiger partial charge in [-0.1, -0.05) is 71.6 Å². The van der Waals surface area contributed by atoms with E-state index in [4.69, 9.17) is 0 Å². The number of hydrogen-bond acceptors (Lipinski definition) is 2. The molecule has 0 heterocycles. The van der Waals surface area contributed by atoms with Crippen molar-refractivity contribution in [3.05, 3.63) is 0 Å². The third-order valence-corrected chi connectivity index (χ3v) is 3.84. The van der Waals surface area contributed by atoms with Crippen LogP contribution in [-0.4, -0.2) is 22.4 Å². The highest BCUT2D eigenvalue weighted by Gasteiger charge is 2.06. The summed E-state index contributed by atoms with van der Waals surface area (Å²) in [6, 6.07) is 0. The highest BCUT2D eigenvalue weighted by atomic mass is 16.3. The number of aliphatic hydroxyl groups excluding tert-OH is 2. The van der Waals surface area contributed by atoms with E-state index in [-0.39, 0.29) is 12.2 Å². The molecule has 0 saturated carbocycles. The zero-order valence-corrected chi connectivity index (χ0v) is 13.2. The molecule has 0 fully saturated rings. The van der Waals surface area contributed by atoms with Crippen LogP contribution in [0.1, 0.15) is 97.3 Å². The van der Waals surface area contributed by atoms with Crippen molar-refractivity contribution in [2.24, 2.45) is 0 Å². The molecule has 116 valence electrons. The maximum absolute atomic E-state index is 9.86. The van der Waals surface area contributed by atoms with Gasteiger partial charge in [-0.05, 0) is 25.7 Å². The van der Waals surface area contributed by atoms with Gasteiger partial charge in [-0.3, -0.25) is 0 Å². The Morgan fingerprint density at radius 2 is 0.947 bits per heavy atom. The van der Waals surface area contributed by atoms with Gasteiger partial charge in [0.05, 0.1) is 12.2 Å². The Morgan fingerprint density at radius 3 is 1.47 bits per heavy atom. The van der Waals surface area contributed by atoms with Crippen molar-refractivity contribution in [1.29, 1.82) is 0 Å². The lowest BCUT2D eigenvalue weighted by atomic mass is 10.0. The molecule has 0 amide bonds. The van der Waals surface area contributed by atoms with Crippen molar-refractivity contribution in [1.82, 2.24) is 0 Å². The second kappa shape index (κ2) is 14.3. The Bertz CT molecular complexity index is 171. The van der Waals surface area contributed by atoms with Gasteiger partial charge in [-0.15, -0.1) is 0 Å². The highest BCUT2D eigenvalue weighted by molar-refractivity contribution is 4.59. The summed E-state index contributed by atoms with van der Waals surface area (Å²) in [5.41, 5.74) is 0. The molecule has 0 aromatic heterocycles. The van der Waals surface area contributed by atoms with Crippen molar-refractivity contribution >= 4 is 0 Å². The quantitative estimate of drug-likeness (QED) is 0.445. The van der Waals surface area contributed by atoms with Crippen LogP contribution in [0.5, 0.6) is 0 Å². The first kappa shape index (κ1) is 18.9. The Kier molecular flexibility index (Phi) is 14.3. The van der Waals surface area contributed by atoms with E-state index in [0.717, 1.165) is 44.9 Å². The molecular formula is C17H36O2. The lowest BCUT2D eigenvalue weighted by Crippen LogP contribution is -2.08. The van der Waals surface area contributed by atoms with Gasteiger partial charge >= 0.3 is 0 Å². The number of aliphatic hydroxyl groups is 2. The summed E-state index contributed by atoms with van der Waals surface area (Å²) in [5, 5.41) is 19.5. The molecule has 0 aromatic carbocycles. The SMILES string of the molecule is CCCCCCCCC(O)CCCCC(O)CCC. The van der Waals surface area contributed by atoms with Crippen LogP contribution in [0, 0.1) is 0 Å². The fourth-order valence-corrected chi connectivity index (χ4v) is 2.54. The Hall–Kier alpha value is -0.0800. The molecule has 0 aliphatic heterocycles. The van der Waals surface area contributed by atoms with Crippen molar-refractivity contribution in [2.45, 2.75) is 110 Å². The van der Waals surface area contributed by atoms with Crippen LogP contribution in [0.2, 0.25) is 0 Å². The minimum absolute atomic E-state index is 0.116. The van der Waals surface area contributed by atoms with Crippen molar-refractivity contribution in [3.8, 4) is 0 Å². The van der Waals surface area contributed by atoms with E-state index in [1.165, 1.54) is 38.5 Å². The first-order chi connectivity index (χ1) is 9.20. The molecular weight excluding hydrogens is 236 g/mol. The van der Waals surface area contributed by atoms with Crippen molar-refractivity contribution in [2.75, 3.05) is 0 Å². The Balaban J connectivity index is 3.23. The van der Waals surface area contributed by atoms with Gasteiger partial charge in [0.15, 0.2) is 0 Å². The molecule has 0 spiro atoms. The smallest absolute Gasteiger partial charge is 0.0540 e. The minimum atomic E-state index is -0.124. The fraction of sp³-hybridized carbons (Fsp3) is 1.00. The monoisotopic (exact) mass is 272 g/mol. The third-order valence-electron chi connectivity index (χ3n) is 3.84. The van der Waals surface area contributed by atoms with Gasteiger partial charge in [-0.25, -0.2) is 0 Å². The average Bonchev–Trinajstić information content (AvgIpc) is 2.39. The van der Waals surface area contributed by atoms with Gasteiger partial charge in [0.1, 0.15) is 0 Å². The third kappa shape index (κ3) is 14.1. The maximum Gasteiger partial charge on any atom is 0.0540 e. The van der Waals surface area contributed by atoms with Gasteiger partial charge in [0.25, 0.3) is 0 Å². The van der Waals surface area contributed by atoms with Crippen LogP contribution < -0.4 is 0 Å². The topological polar surface area (TPSA) is 40.5 Å². The largest absolute Gasteiger partial charge is 0.393 e. The predicted octanol–water partition coefficient (Wildman–Crippen LogP) is 4.82. The lowest BCUT2D eigenvalue weighted by molar-refractivity contribution is 0.133. The molecule has 2 atom stereocenters. The lowest BCUT2D eigenvalue weighted by Gasteiger charge is -2.12. The van der Waals surface area contributed by atoms with E-state index >= 15 is 0 Å². The van der Waals surface area contributed by atoms with E-state index in [1.54, 1.807) is 0 Å². The van der Waals surface area contributed by atoms with E-state index in [2.05, 4.69) is 13.8 Å². The fourth-order valence-electron chi connectivity index (χ4n) is 2.54. The van der Waals surface area contributed by atoms with E-state index in [9.17, 15) is 10.2 Å². The van der Waals surface area contributed by atoms with Crippen LogP contribution in [0.15, 0.2) is 0 Å². The van der Waals surface area contributed by atoms with E-state index < -0.39 is 0 Å². The predicted molar refractivity (Wildman–Crippen MR) is 83.4 cm³/mol. The van der Waals surface area contributed by atoms with Gasteiger partial charge in [0.2, 0.25) is 0 Å². The summed E-state index contributed by atoms with van der Waals surface area (Å²) in [6.45, 7) is 4.34. The average molecular weight is 272 g/mol. The number of unbranched alkanes of at least 4 members (excludes halogenated alkanes) is 6. The zero-order valence-electron chi connectivity index (χ0n) is 13.2. The normalized spacial score (nSPS) is 14.5. The van der Waals surface area contributed by atoms with Crippen molar-refractivity contribution in [3.63, 3.8) is 0 Å². The van der Waals surface area contributed by atoms with Crippen molar-refractivity contribution < 1.29 is 10.2 Å². The second-order valence-corrected chi connectivity index (χ2v) is 5.94. The Labute approximate surface area is 120 Å². The molecule has 0 rings (SSSR count). The molecule has 2 nitrogen and oxygen atoms in total. The molecule has 2 unspecified atom stereocenters. The van der Waals surface area contributed by atoms with Crippen LogP contribution in [0.25, 0.3) is 0 Å². The van der Waals surface area contributed by atoms with E-state index in [1.807, 2.05) is 0 Å². The van der Waals surface area contributed by atoms with Crippen LogP contribution >= 0.6 is 0 Å². The Morgan fingerprint density at radius 1 is 0.526 bits per heavy atom. The highest BCUT2D eigenvalue weighted by Crippen LogP contribution is 2.14. The summed E-state index contributed by atoms with van der Waals surface area (Å²) >= 11 is 0. The summed E-state index contributed by atoms with van der Waals surface area (Å²) in [6.07, 6.45) is 14.4. The summed E-state index contributed by atoms with van der Waals surface area (Å²) in [4.78, 5) is 0. The molecule has 0 radical (unpaired) electrons. The molecule has 0 aliphatic rings. The molecule has 2 N–H and O–H groups in total. The molecule has 0 aromatic rings. The first-order valence-electron chi connectivity index (χ1n) is 8.56.